The molecule has 0 spiro atoms. The van der Waals surface area contributed by atoms with E-state index in [9.17, 15) is 9.59 Å². The number of hydrogen-bond acceptors (Lipinski definition) is 3. The molecule has 3 amide bonds. The molecule has 1 atom stereocenters. The number of nitrogens with zero attached hydrogens (tertiary/aromatic N) is 3. The molecule has 0 unspecified atom stereocenters. The number of benzene rings is 1. The highest BCUT2D eigenvalue weighted by Crippen LogP contribution is 2.17. The van der Waals surface area contributed by atoms with Gasteiger partial charge in [-0.25, -0.2) is 9.48 Å². The monoisotopic (exact) mass is 355 g/mol. The molecule has 1 aliphatic heterocycles. The van der Waals surface area contributed by atoms with Crippen LogP contribution < -0.4 is 10.6 Å². The van der Waals surface area contributed by atoms with Gasteiger partial charge in [0.2, 0.25) is 5.91 Å². The van der Waals surface area contributed by atoms with E-state index in [0.29, 0.717) is 18.7 Å². The number of carbonyl (C=O) groups excluding carboxylic acids is 2. The number of hydrogen-bond donors (Lipinski definition) is 2. The minimum absolute atomic E-state index is 0.115. The third kappa shape index (κ3) is 4.22. The SMILES string of the molecule is Cc1cc(C)n(-c2cccc(NC(=O)N[C@H](C)CN3CCCC3=O)c2)n1. The first kappa shape index (κ1) is 18.0. The number of likely N-dealkylation sites (tertiary alicyclic amines) is 1. The van der Waals surface area contributed by atoms with Crippen molar-refractivity contribution >= 4 is 17.6 Å². The number of carbonyl (C=O) groups is 2. The van der Waals surface area contributed by atoms with Crippen molar-refractivity contribution in [2.75, 3.05) is 18.4 Å². The highest BCUT2D eigenvalue weighted by atomic mass is 16.2. The van der Waals surface area contributed by atoms with E-state index in [1.54, 1.807) is 4.90 Å². The van der Waals surface area contributed by atoms with E-state index in [1.165, 1.54) is 0 Å². The lowest BCUT2D eigenvalue weighted by Crippen LogP contribution is -2.44. The van der Waals surface area contributed by atoms with Crippen molar-refractivity contribution in [2.24, 2.45) is 0 Å². The Bertz CT molecular complexity index is 814. The maximum Gasteiger partial charge on any atom is 0.319 e. The summed E-state index contributed by atoms with van der Waals surface area (Å²) in [6.45, 7) is 7.16. The van der Waals surface area contributed by atoms with E-state index in [1.807, 2.05) is 55.8 Å². The van der Waals surface area contributed by atoms with E-state index in [-0.39, 0.29) is 18.0 Å². The van der Waals surface area contributed by atoms with Crippen LogP contribution >= 0.6 is 0 Å². The fourth-order valence-electron chi connectivity index (χ4n) is 3.27. The largest absolute Gasteiger partial charge is 0.341 e. The van der Waals surface area contributed by atoms with Gasteiger partial charge in [0.05, 0.1) is 11.4 Å². The first-order chi connectivity index (χ1) is 12.4. The van der Waals surface area contributed by atoms with Gasteiger partial charge in [0, 0.05) is 36.9 Å². The van der Waals surface area contributed by atoms with E-state index in [2.05, 4.69) is 15.7 Å². The third-order valence-corrected chi connectivity index (χ3v) is 4.40. The average molecular weight is 355 g/mol. The van der Waals surface area contributed by atoms with Crippen LogP contribution in [-0.2, 0) is 4.79 Å². The molecule has 0 saturated carbocycles. The van der Waals surface area contributed by atoms with Crippen molar-refractivity contribution in [2.45, 2.75) is 39.7 Å². The molecule has 2 N–H and O–H groups in total. The minimum Gasteiger partial charge on any atom is -0.341 e. The summed E-state index contributed by atoms with van der Waals surface area (Å²) < 4.78 is 1.85. The number of rotatable bonds is 5. The van der Waals surface area contributed by atoms with Gasteiger partial charge < -0.3 is 15.5 Å². The molecule has 138 valence electrons. The minimum atomic E-state index is -0.283. The molecule has 3 rings (SSSR count). The molecule has 26 heavy (non-hydrogen) atoms. The van der Waals surface area contributed by atoms with Gasteiger partial charge in [-0.3, -0.25) is 4.79 Å². The van der Waals surface area contributed by atoms with Crippen molar-refractivity contribution in [1.29, 1.82) is 0 Å². The number of urea groups is 1. The van der Waals surface area contributed by atoms with Crippen LogP contribution in [0.5, 0.6) is 0 Å². The Balaban J connectivity index is 1.60. The maximum atomic E-state index is 12.2. The van der Waals surface area contributed by atoms with Gasteiger partial charge in [0.15, 0.2) is 0 Å². The Labute approximate surface area is 153 Å². The lowest BCUT2D eigenvalue weighted by Gasteiger charge is -2.21. The number of nitrogens with one attached hydrogen (secondary N) is 2. The molecule has 1 aromatic carbocycles. The molecule has 2 aromatic rings. The fourth-order valence-corrected chi connectivity index (χ4v) is 3.27. The van der Waals surface area contributed by atoms with Crippen LogP contribution in [0.4, 0.5) is 10.5 Å². The summed E-state index contributed by atoms with van der Waals surface area (Å²) in [6, 6.07) is 9.16. The maximum absolute atomic E-state index is 12.2. The lowest BCUT2D eigenvalue weighted by molar-refractivity contribution is -0.127. The Morgan fingerprint density at radius 3 is 2.77 bits per heavy atom. The molecule has 0 bridgehead atoms. The van der Waals surface area contributed by atoms with Crippen LogP contribution in [0.2, 0.25) is 0 Å². The zero-order valence-corrected chi connectivity index (χ0v) is 15.5. The number of aryl methyl sites for hydroxylation is 2. The Kier molecular flexibility index (Phi) is 5.25. The standard InChI is InChI=1S/C19H25N5O2/c1-13-10-15(3)24(22-13)17-7-4-6-16(11-17)21-19(26)20-14(2)12-23-9-5-8-18(23)25/h4,6-7,10-11,14H,5,8-9,12H2,1-3H3,(H2,20,21,26)/t14-/m1/s1. The highest BCUT2D eigenvalue weighted by Gasteiger charge is 2.22. The van der Waals surface area contributed by atoms with Gasteiger partial charge in [-0.15, -0.1) is 0 Å². The summed E-state index contributed by atoms with van der Waals surface area (Å²) in [7, 11) is 0. The fraction of sp³-hybridized carbons (Fsp3) is 0.421. The molecule has 0 aliphatic carbocycles. The molecule has 1 aliphatic rings. The Hall–Kier alpha value is -2.83. The topological polar surface area (TPSA) is 79.3 Å². The second kappa shape index (κ2) is 7.59. The highest BCUT2D eigenvalue weighted by molar-refractivity contribution is 5.89. The molecule has 0 radical (unpaired) electrons. The van der Waals surface area contributed by atoms with Crippen LogP contribution in [0, 0.1) is 13.8 Å². The molecule has 7 heteroatoms. The van der Waals surface area contributed by atoms with Gasteiger partial charge in [0.25, 0.3) is 0 Å². The molecular weight excluding hydrogens is 330 g/mol. The third-order valence-electron chi connectivity index (χ3n) is 4.40. The number of amides is 3. The summed E-state index contributed by atoms with van der Waals surface area (Å²) in [4.78, 5) is 25.7. The predicted molar refractivity (Wildman–Crippen MR) is 100 cm³/mol. The summed E-state index contributed by atoms with van der Waals surface area (Å²) in [5, 5.41) is 10.2. The van der Waals surface area contributed by atoms with Crippen LogP contribution in [0.15, 0.2) is 30.3 Å². The predicted octanol–water partition coefficient (Wildman–Crippen LogP) is 2.62. The molecule has 7 nitrogen and oxygen atoms in total. The van der Waals surface area contributed by atoms with Gasteiger partial charge >= 0.3 is 6.03 Å². The second-order valence-corrected chi connectivity index (χ2v) is 6.83. The first-order valence-electron chi connectivity index (χ1n) is 8.91. The smallest absolute Gasteiger partial charge is 0.319 e. The number of anilines is 1. The van der Waals surface area contributed by atoms with Gasteiger partial charge in [-0.2, -0.15) is 5.10 Å². The molecular formula is C19H25N5O2. The summed E-state index contributed by atoms with van der Waals surface area (Å²) in [5.74, 6) is 0.164. The average Bonchev–Trinajstić information content (AvgIpc) is 3.12. The van der Waals surface area contributed by atoms with E-state index >= 15 is 0 Å². The van der Waals surface area contributed by atoms with Gasteiger partial charge in [0.1, 0.15) is 0 Å². The summed E-state index contributed by atoms with van der Waals surface area (Å²) >= 11 is 0. The zero-order chi connectivity index (χ0) is 18.7. The lowest BCUT2D eigenvalue weighted by atomic mass is 10.2. The van der Waals surface area contributed by atoms with Crippen molar-refractivity contribution in [3.63, 3.8) is 0 Å². The second-order valence-electron chi connectivity index (χ2n) is 6.83. The summed E-state index contributed by atoms with van der Waals surface area (Å²) in [6.07, 6.45) is 1.51. The van der Waals surface area contributed by atoms with Crippen LogP contribution in [0.3, 0.4) is 0 Å². The Morgan fingerprint density at radius 1 is 1.31 bits per heavy atom. The quantitative estimate of drug-likeness (QED) is 0.865. The van der Waals surface area contributed by atoms with Gasteiger partial charge in [-0.1, -0.05) is 6.07 Å². The molecule has 1 saturated heterocycles. The summed E-state index contributed by atoms with van der Waals surface area (Å²) in [5.41, 5.74) is 3.57. The van der Waals surface area contributed by atoms with Crippen molar-refractivity contribution in [3.05, 3.63) is 41.7 Å². The first-order valence-corrected chi connectivity index (χ1v) is 8.91. The van der Waals surface area contributed by atoms with E-state index < -0.39 is 0 Å². The molecule has 1 aromatic heterocycles. The van der Waals surface area contributed by atoms with Crippen LogP contribution in [0.25, 0.3) is 5.69 Å². The molecule has 1 fully saturated rings. The van der Waals surface area contributed by atoms with Crippen molar-refractivity contribution in [1.82, 2.24) is 20.0 Å². The van der Waals surface area contributed by atoms with Gasteiger partial charge in [-0.05, 0) is 51.5 Å². The van der Waals surface area contributed by atoms with Crippen molar-refractivity contribution < 1.29 is 9.59 Å². The van der Waals surface area contributed by atoms with E-state index in [0.717, 1.165) is 30.0 Å². The Morgan fingerprint density at radius 2 is 2.12 bits per heavy atom. The van der Waals surface area contributed by atoms with Crippen molar-refractivity contribution in [3.8, 4) is 5.69 Å². The number of aromatic nitrogens is 2. The van der Waals surface area contributed by atoms with Crippen LogP contribution in [0.1, 0.15) is 31.2 Å². The normalized spacial score (nSPS) is 15.2. The van der Waals surface area contributed by atoms with Crippen LogP contribution in [-0.4, -0.2) is 45.8 Å². The van der Waals surface area contributed by atoms with E-state index in [4.69, 9.17) is 0 Å². The molecule has 2 heterocycles. The zero-order valence-electron chi connectivity index (χ0n) is 15.5.